The van der Waals surface area contributed by atoms with Crippen LogP contribution in [-0.4, -0.2) is 46.8 Å². The monoisotopic (exact) mass is 526 g/mol. The molecular weight excluding hydrogens is 487 g/mol. The minimum Gasteiger partial charge on any atom is -0.455 e. The van der Waals surface area contributed by atoms with Gasteiger partial charge in [-0.3, -0.25) is 19.2 Å². The first-order chi connectivity index (χ1) is 16.9. The van der Waals surface area contributed by atoms with E-state index in [1.165, 1.54) is 0 Å². The van der Waals surface area contributed by atoms with Crippen molar-refractivity contribution < 1.29 is 33.0 Å². The van der Waals surface area contributed by atoms with Gasteiger partial charge in [-0.25, -0.2) is 4.39 Å². The van der Waals surface area contributed by atoms with E-state index in [1.54, 1.807) is 13.8 Å². The second-order valence-electron chi connectivity index (χ2n) is 12.1. The van der Waals surface area contributed by atoms with Gasteiger partial charge in [-0.05, 0) is 49.9 Å². The van der Waals surface area contributed by atoms with Crippen LogP contribution in [0.4, 0.5) is 4.39 Å². The molecule has 0 aromatic heterocycles. The smallest absolute Gasteiger partial charge is 0.306 e. The van der Waals surface area contributed by atoms with Crippen molar-refractivity contribution >= 4 is 35.1 Å². The van der Waals surface area contributed by atoms with Crippen LogP contribution in [-0.2, 0) is 28.7 Å². The van der Waals surface area contributed by atoms with E-state index >= 15 is 4.39 Å². The lowest BCUT2D eigenvalue weighted by atomic mass is 9.42. The van der Waals surface area contributed by atoms with Crippen molar-refractivity contribution in [1.29, 1.82) is 0 Å². The summed E-state index contributed by atoms with van der Waals surface area (Å²) in [4.78, 5) is 51.1. The van der Waals surface area contributed by atoms with Crippen LogP contribution < -0.4 is 0 Å². The quantitative estimate of drug-likeness (QED) is 0.341. The zero-order chi connectivity index (χ0) is 26.7. The van der Waals surface area contributed by atoms with Crippen LogP contribution in [0.2, 0.25) is 0 Å². The largest absolute Gasteiger partial charge is 0.455 e. The van der Waals surface area contributed by atoms with E-state index in [1.807, 2.05) is 20.8 Å². The van der Waals surface area contributed by atoms with Gasteiger partial charge in [-0.1, -0.05) is 34.6 Å². The molecule has 6 nitrogen and oxygen atoms in total. The number of esters is 2. The third-order valence-corrected chi connectivity index (χ3v) is 11.1. The zero-order valence-corrected chi connectivity index (χ0v) is 22.9. The number of Topliss-reactive ketones (excluding diaryl/α,β-unsaturated/α-hetero) is 2. The van der Waals surface area contributed by atoms with E-state index < -0.39 is 40.1 Å². The number of fused-ring (bicyclic) bond motifs is 5. The number of rotatable bonds is 6. The fourth-order valence-electron chi connectivity index (χ4n) is 9.03. The van der Waals surface area contributed by atoms with Crippen LogP contribution in [0.15, 0.2) is 0 Å². The maximum absolute atomic E-state index is 16.4. The van der Waals surface area contributed by atoms with E-state index in [2.05, 4.69) is 0 Å². The van der Waals surface area contributed by atoms with Gasteiger partial charge in [0.25, 0.3) is 0 Å². The molecule has 0 bridgehead atoms. The third-order valence-electron chi connectivity index (χ3n) is 10.8. The zero-order valence-electron chi connectivity index (χ0n) is 22.2. The molecule has 9 atom stereocenters. The number of halogens is 2. The number of hydrogen-bond acceptors (Lipinski definition) is 6. The Morgan fingerprint density at radius 1 is 1.00 bits per heavy atom. The van der Waals surface area contributed by atoms with Crippen molar-refractivity contribution in [2.75, 3.05) is 5.88 Å². The van der Waals surface area contributed by atoms with Gasteiger partial charge in [0, 0.05) is 42.4 Å². The molecule has 0 aliphatic heterocycles. The number of carbonyl (C=O) groups excluding carboxylic acids is 4. The molecule has 0 amide bonds. The van der Waals surface area contributed by atoms with Gasteiger partial charge in [-0.15, -0.1) is 11.6 Å². The number of hydrogen-bond donors (Lipinski definition) is 0. The second-order valence-corrected chi connectivity index (χ2v) is 12.4. The molecule has 4 aliphatic carbocycles. The Bertz CT molecular complexity index is 954. The molecule has 0 radical (unpaired) electrons. The first kappa shape index (κ1) is 27.5. The molecule has 0 N–H and O–H groups in total. The molecule has 0 saturated heterocycles. The van der Waals surface area contributed by atoms with E-state index in [-0.39, 0.29) is 66.8 Å². The highest BCUT2D eigenvalue weighted by Crippen LogP contribution is 2.71. The van der Waals surface area contributed by atoms with Crippen LogP contribution >= 0.6 is 11.6 Å². The first-order valence-corrected chi connectivity index (χ1v) is 14.1. The van der Waals surface area contributed by atoms with Gasteiger partial charge in [-0.2, -0.15) is 0 Å². The molecule has 4 rings (SSSR count). The van der Waals surface area contributed by atoms with Crippen molar-refractivity contribution in [2.24, 2.45) is 34.5 Å². The summed E-state index contributed by atoms with van der Waals surface area (Å²) >= 11 is 6.09. The van der Waals surface area contributed by atoms with Crippen molar-refractivity contribution in [3.8, 4) is 0 Å². The lowest BCUT2D eigenvalue weighted by Gasteiger charge is -2.65. The normalized spacial score (nSPS) is 45.8. The summed E-state index contributed by atoms with van der Waals surface area (Å²) in [6, 6.07) is 0. The van der Waals surface area contributed by atoms with E-state index in [9.17, 15) is 19.2 Å². The molecule has 0 unspecified atom stereocenters. The highest BCUT2D eigenvalue weighted by atomic mass is 35.5. The van der Waals surface area contributed by atoms with Crippen molar-refractivity contribution in [3.05, 3.63) is 0 Å². The van der Waals surface area contributed by atoms with Gasteiger partial charge >= 0.3 is 11.9 Å². The molecule has 8 heteroatoms. The maximum Gasteiger partial charge on any atom is 0.306 e. The Balaban J connectivity index is 1.78. The van der Waals surface area contributed by atoms with Gasteiger partial charge in [0.05, 0.1) is 5.88 Å². The minimum atomic E-state index is -1.49. The van der Waals surface area contributed by atoms with E-state index in [0.717, 1.165) is 0 Å². The fourth-order valence-corrected chi connectivity index (χ4v) is 9.23. The van der Waals surface area contributed by atoms with Gasteiger partial charge in [0.15, 0.2) is 17.0 Å². The Hall–Kier alpha value is -1.50. The molecule has 4 saturated carbocycles. The van der Waals surface area contributed by atoms with Crippen LogP contribution in [0.5, 0.6) is 0 Å². The first-order valence-electron chi connectivity index (χ1n) is 13.6. The van der Waals surface area contributed by atoms with Crippen LogP contribution in [0.3, 0.4) is 0 Å². The Kier molecular flexibility index (Phi) is 7.15. The Morgan fingerprint density at radius 3 is 2.25 bits per heavy atom. The predicted octanol–water partition coefficient (Wildman–Crippen LogP) is 5.37. The maximum atomic E-state index is 16.4. The average Bonchev–Trinajstić information content (AvgIpc) is 3.07. The molecule has 36 heavy (non-hydrogen) atoms. The summed E-state index contributed by atoms with van der Waals surface area (Å²) in [7, 11) is 0. The van der Waals surface area contributed by atoms with E-state index in [4.69, 9.17) is 21.1 Å². The average molecular weight is 527 g/mol. The number of carbonyl (C=O) groups is 4. The fraction of sp³-hybridized carbons (Fsp3) is 0.857. The number of alkyl halides is 2. The van der Waals surface area contributed by atoms with Crippen LogP contribution in [0, 0.1) is 34.5 Å². The highest BCUT2D eigenvalue weighted by molar-refractivity contribution is 6.29. The number of ketones is 2. The molecule has 202 valence electrons. The molecule has 0 aromatic rings. The minimum absolute atomic E-state index is 0.0244. The molecule has 0 aromatic carbocycles. The van der Waals surface area contributed by atoms with Crippen molar-refractivity contribution in [1.82, 2.24) is 0 Å². The van der Waals surface area contributed by atoms with Gasteiger partial charge < -0.3 is 9.47 Å². The van der Waals surface area contributed by atoms with Crippen LogP contribution in [0.25, 0.3) is 0 Å². The predicted molar refractivity (Wildman–Crippen MR) is 132 cm³/mol. The topological polar surface area (TPSA) is 86.7 Å². The Labute approximate surface area is 218 Å². The lowest BCUT2D eigenvalue weighted by Crippen LogP contribution is -2.69. The standard InChI is InChI=1S/C28H40ClFO6/c1-6-23(33)35-27-14-17(31)8-10-25(27,4)19-9-11-26(5)20(18(19)13-21(27)30)12-16(3)28(26,22(32)15-29)36-24(34)7-2/h16,18-21H,6-15H2,1-5H3/t16-,18+,19-,20-,21+,25+,26-,27-,28+/m0/s1. The van der Waals surface area contributed by atoms with Gasteiger partial charge in [0.1, 0.15) is 12.0 Å². The molecule has 4 aliphatic rings. The SMILES string of the molecule is CCC(=O)O[C@]12CC(=O)CC[C@]1(C)[C@H]1CC[C@@]3(C)[C@@H](C[C@H](C)[C@@]3(OC(=O)CC)C(=O)CCl)[C@@H]1C[C@H]2F. The summed E-state index contributed by atoms with van der Waals surface area (Å²) in [6.07, 6.45) is 1.59. The molecule has 0 spiro atoms. The van der Waals surface area contributed by atoms with Crippen molar-refractivity contribution in [2.45, 2.75) is 110 Å². The summed E-state index contributed by atoms with van der Waals surface area (Å²) < 4.78 is 28.4. The second kappa shape index (κ2) is 9.36. The van der Waals surface area contributed by atoms with Crippen molar-refractivity contribution in [3.63, 3.8) is 0 Å². The third kappa shape index (κ3) is 3.54. The highest BCUT2D eigenvalue weighted by Gasteiger charge is 2.75. The molecule has 4 fully saturated rings. The van der Waals surface area contributed by atoms with E-state index in [0.29, 0.717) is 32.1 Å². The molecular formula is C28H40ClFO6. The van der Waals surface area contributed by atoms with Crippen LogP contribution in [0.1, 0.15) is 92.4 Å². The molecule has 0 heterocycles. The summed E-state index contributed by atoms with van der Waals surface area (Å²) in [5, 5.41) is 0. The summed E-state index contributed by atoms with van der Waals surface area (Å²) in [5.74, 6) is -1.88. The number of ether oxygens (including phenoxy) is 2. The summed E-state index contributed by atoms with van der Waals surface area (Å²) in [5.41, 5.74) is -4.16. The summed E-state index contributed by atoms with van der Waals surface area (Å²) in [6.45, 7) is 9.34. The lowest BCUT2D eigenvalue weighted by molar-refractivity contribution is -0.252. The van der Waals surface area contributed by atoms with Gasteiger partial charge in [0.2, 0.25) is 0 Å². The Morgan fingerprint density at radius 2 is 1.64 bits per heavy atom.